The van der Waals surface area contributed by atoms with Gasteiger partial charge in [0.1, 0.15) is 5.69 Å². The van der Waals surface area contributed by atoms with Crippen molar-refractivity contribution in [1.82, 2.24) is 0 Å². The number of hydrogen-bond donors (Lipinski definition) is 0. The average Bonchev–Trinajstić information content (AvgIpc) is 2.70. The lowest BCUT2D eigenvalue weighted by Gasteiger charge is -2.07. The molecule has 0 saturated carbocycles. The maximum absolute atomic E-state index is 13.9. The molecule has 0 heterocycles. The SMILES string of the molecule is CC(C)Cc1ccc(-c2ccc(C#Cc3cc(F)c(N=C=S)c(F)c3)cc2)cc1. The number of benzene rings is 3. The van der Waals surface area contributed by atoms with Crippen LogP contribution < -0.4 is 0 Å². The lowest BCUT2D eigenvalue weighted by Crippen LogP contribution is -1.93. The van der Waals surface area contributed by atoms with Gasteiger partial charge in [-0.1, -0.05) is 62.1 Å². The van der Waals surface area contributed by atoms with E-state index in [-0.39, 0.29) is 5.56 Å². The highest BCUT2D eigenvalue weighted by molar-refractivity contribution is 7.78. The topological polar surface area (TPSA) is 12.4 Å². The molecule has 4 heteroatoms. The third-order valence-electron chi connectivity index (χ3n) is 4.34. The van der Waals surface area contributed by atoms with E-state index in [1.165, 1.54) is 5.56 Å². The predicted octanol–water partition coefficient (Wildman–Crippen LogP) is 6.96. The Hall–Kier alpha value is -3.12. The van der Waals surface area contributed by atoms with Crippen molar-refractivity contribution in [3.63, 3.8) is 0 Å². The first-order valence-corrected chi connectivity index (χ1v) is 9.65. The lowest BCUT2D eigenvalue weighted by atomic mass is 9.98. The Morgan fingerprint density at radius 1 is 0.828 bits per heavy atom. The molecule has 0 atom stereocenters. The maximum Gasteiger partial charge on any atom is 0.153 e. The Balaban J connectivity index is 1.77. The van der Waals surface area contributed by atoms with Crippen LogP contribution in [0, 0.1) is 29.4 Å². The first-order valence-electron chi connectivity index (χ1n) is 9.24. The molecule has 0 aliphatic carbocycles. The van der Waals surface area contributed by atoms with Crippen molar-refractivity contribution in [2.24, 2.45) is 10.9 Å². The first kappa shape index (κ1) is 20.6. The average molecular weight is 403 g/mol. The van der Waals surface area contributed by atoms with Crippen molar-refractivity contribution in [3.05, 3.63) is 89.0 Å². The molecular formula is C25H19F2NS. The van der Waals surface area contributed by atoms with Crippen molar-refractivity contribution < 1.29 is 8.78 Å². The highest BCUT2D eigenvalue weighted by Crippen LogP contribution is 2.23. The number of hydrogen-bond acceptors (Lipinski definition) is 2. The molecule has 3 rings (SSSR count). The molecule has 0 aliphatic heterocycles. The van der Waals surface area contributed by atoms with Gasteiger partial charge >= 0.3 is 0 Å². The molecule has 0 spiro atoms. The molecule has 0 unspecified atom stereocenters. The molecule has 0 radical (unpaired) electrons. The van der Waals surface area contributed by atoms with Gasteiger partial charge in [-0.05, 0) is 65.5 Å². The van der Waals surface area contributed by atoms with Crippen molar-refractivity contribution >= 4 is 23.1 Å². The highest BCUT2D eigenvalue weighted by atomic mass is 32.1. The minimum atomic E-state index is -0.817. The number of nitrogens with zero attached hydrogens (tertiary/aromatic N) is 1. The number of isothiocyanates is 1. The first-order chi connectivity index (χ1) is 14.0. The van der Waals surface area contributed by atoms with E-state index in [0.717, 1.165) is 35.2 Å². The Kier molecular flexibility index (Phi) is 6.67. The zero-order chi connectivity index (χ0) is 20.8. The number of rotatable bonds is 4. The van der Waals surface area contributed by atoms with Crippen molar-refractivity contribution in [1.29, 1.82) is 0 Å². The lowest BCUT2D eigenvalue weighted by molar-refractivity contribution is 0.587. The fraction of sp³-hybridized carbons (Fsp3) is 0.160. The van der Waals surface area contributed by atoms with Gasteiger partial charge in [0.25, 0.3) is 0 Å². The number of thiocarbonyl (C=S) groups is 1. The molecule has 144 valence electrons. The molecule has 0 aromatic heterocycles. The molecular weight excluding hydrogens is 384 g/mol. The summed E-state index contributed by atoms with van der Waals surface area (Å²) in [6.07, 6.45) is 1.06. The molecule has 1 nitrogen and oxygen atoms in total. The van der Waals surface area contributed by atoms with Crippen LogP contribution in [-0.4, -0.2) is 5.16 Å². The summed E-state index contributed by atoms with van der Waals surface area (Å²) in [7, 11) is 0. The molecule has 0 bridgehead atoms. The van der Waals surface area contributed by atoms with Crippen LogP contribution in [0.25, 0.3) is 11.1 Å². The van der Waals surface area contributed by atoms with Crippen molar-refractivity contribution in [2.75, 3.05) is 0 Å². The largest absolute Gasteiger partial charge is 0.204 e. The smallest absolute Gasteiger partial charge is 0.153 e. The second-order valence-corrected chi connectivity index (χ2v) is 7.30. The van der Waals surface area contributed by atoms with Crippen LogP contribution in [0.15, 0.2) is 65.7 Å². The molecule has 3 aromatic carbocycles. The van der Waals surface area contributed by atoms with Gasteiger partial charge in [0, 0.05) is 11.1 Å². The van der Waals surface area contributed by atoms with Gasteiger partial charge in [0.15, 0.2) is 11.6 Å². The minimum Gasteiger partial charge on any atom is -0.204 e. The molecule has 0 N–H and O–H groups in total. The summed E-state index contributed by atoms with van der Waals surface area (Å²) in [6, 6.07) is 18.6. The van der Waals surface area contributed by atoms with Gasteiger partial charge in [-0.2, -0.15) is 4.99 Å². The summed E-state index contributed by atoms with van der Waals surface area (Å²) in [5.41, 5.74) is 4.09. The molecule has 0 amide bonds. The fourth-order valence-corrected chi connectivity index (χ4v) is 3.08. The van der Waals surface area contributed by atoms with E-state index in [4.69, 9.17) is 0 Å². The summed E-state index contributed by atoms with van der Waals surface area (Å²) in [6.45, 7) is 4.41. The Morgan fingerprint density at radius 3 is 1.86 bits per heavy atom. The second-order valence-electron chi connectivity index (χ2n) is 7.11. The van der Waals surface area contributed by atoms with Crippen LogP contribution in [0.4, 0.5) is 14.5 Å². The van der Waals surface area contributed by atoms with Crippen LogP contribution in [0.3, 0.4) is 0 Å². The molecule has 0 saturated heterocycles. The zero-order valence-corrected chi connectivity index (χ0v) is 17.0. The number of aliphatic imine (C=N–C) groups is 1. The van der Waals surface area contributed by atoms with Crippen molar-refractivity contribution in [3.8, 4) is 23.0 Å². The summed E-state index contributed by atoms with van der Waals surface area (Å²) in [5, 5.41) is 1.97. The van der Waals surface area contributed by atoms with Crippen LogP contribution in [0.5, 0.6) is 0 Å². The van der Waals surface area contributed by atoms with Crippen molar-refractivity contribution in [2.45, 2.75) is 20.3 Å². The monoisotopic (exact) mass is 403 g/mol. The molecule has 3 aromatic rings. The minimum absolute atomic E-state index is 0.230. The standard InChI is InChI=1S/C25H19F2NS/c1-17(2)13-19-7-11-22(12-8-19)21-9-5-18(6-10-21)3-4-20-14-23(26)25(28-16-29)24(27)15-20/h5-12,14-15,17H,13H2,1-2H3. The van der Waals surface area contributed by atoms with E-state index in [9.17, 15) is 8.78 Å². The Bertz CT molecular complexity index is 1090. The quantitative estimate of drug-likeness (QED) is 0.260. The zero-order valence-electron chi connectivity index (χ0n) is 16.2. The van der Waals surface area contributed by atoms with E-state index < -0.39 is 17.3 Å². The Morgan fingerprint density at radius 2 is 1.34 bits per heavy atom. The van der Waals surface area contributed by atoms with E-state index in [1.54, 1.807) is 0 Å². The summed E-state index contributed by atoms with van der Waals surface area (Å²) in [4.78, 5) is 3.39. The van der Waals surface area contributed by atoms with Crippen LogP contribution >= 0.6 is 12.2 Å². The fourth-order valence-electron chi connectivity index (χ4n) is 2.99. The molecule has 0 aliphatic rings. The highest BCUT2D eigenvalue weighted by Gasteiger charge is 2.09. The third-order valence-corrected chi connectivity index (χ3v) is 4.43. The van der Waals surface area contributed by atoms with Crippen LogP contribution in [0.1, 0.15) is 30.5 Å². The second kappa shape index (κ2) is 9.39. The summed E-state index contributed by atoms with van der Waals surface area (Å²) >= 11 is 4.39. The van der Waals surface area contributed by atoms with E-state index in [1.807, 2.05) is 29.4 Å². The molecule has 29 heavy (non-hydrogen) atoms. The van der Waals surface area contributed by atoms with Gasteiger partial charge in [-0.3, -0.25) is 0 Å². The predicted molar refractivity (Wildman–Crippen MR) is 117 cm³/mol. The van der Waals surface area contributed by atoms with E-state index in [2.05, 4.69) is 67.2 Å². The molecule has 0 fully saturated rings. The normalized spacial score (nSPS) is 10.2. The van der Waals surface area contributed by atoms with E-state index in [0.29, 0.717) is 5.92 Å². The summed E-state index contributed by atoms with van der Waals surface area (Å²) in [5.74, 6) is 4.70. The summed E-state index contributed by atoms with van der Waals surface area (Å²) < 4.78 is 27.7. The van der Waals surface area contributed by atoms with Gasteiger partial charge in [0.05, 0.1) is 5.16 Å². The van der Waals surface area contributed by atoms with Gasteiger partial charge < -0.3 is 0 Å². The van der Waals surface area contributed by atoms with Crippen LogP contribution in [0.2, 0.25) is 0 Å². The van der Waals surface area contributed by atoms with Crippen LogP contribution in [-0.2, 0) is 6.42 Å². The van der Waals surface area contributed by atoms with Gasteiger partial charge in [-0.25, -0.2) is 8.78 Å². The number of halogens is 2. The maximum atomic E-state index is 13.9. The van der Waals surface area contributed by atoms with E-state index >= 15 is 0 Å². The van der Waals surface area contributed by atoms with Gasteiger partial charge in [0.2, 0.25) is 0 Å². The van der Waals surface area contributed by atoms with Gasteiger partial charge in [-0.15, -0.1) is 0 Å². The third kappa shape index (κ3) is 5.45. The Labute approximate surface area is 175 Å².